The number of ether oxygens (including phenoxy) is 1. The molecule has 16 heavy (non-hydrogen) atoms. The lowest BCUT2D eigenvalue weighted by Gasteiger charge is -2.12. The molecule has 0 saturated carbocycles. The molecule has 4 nitrogen and oxygen atoms in total. The fraction of sp³-hybridized carbons (Fsp3) is 0.250. The molecule has 84 valence electrons. The zero-order valence-corrected chi connectivity index (χ0v) is 8.77. The number of benzene rings is 1. The van der Waals surface area contributed by atoms with E-state index in [1.54, 1.807) is 12.1 Å². The van der Waals surface area contributed by atoms with Crippen molar-refractivity contribution >= 4 is 5.97 Å². The first kappa shape index (κ1) is 10.7. The molecule has 1 aromatic rings. The van der Waals surface area contributed by atoms with E-state index in [0.717, 1.165) is 6.54 Å². The standard InChI is InChI=1S/C12H13NO3/c14-10-1-3-11(4-2-10)16-12(15)9-5-7-13-8-6-9/h1-5,13-14H,6-8H2. The third kappa shape index (κ3) is 2.61. The highest BCUT2D eigenvalue weighted by Crippen LogP contribution is 2.17. The van der Waals surface area contributed by atoms with E-state index in [9.17, 15) is 4.79 Å². The maximum atomic E-state index is 11.7. The Morgan fingerprint density at radius 2 is 2.06 bits per heavy atom. The quantitative estimate of drug-likeness (QED) is 0.580. The second-order valence-corrected chi connectivity index (χ2v) is 3.57. The number of nitrogens with one attached hydrogen (secondary N) is 1. The molecule has 4 heteroatoms. The SMILES string of the molecule is O=C(Oc1ccc(O)cc1)C1=CCNCC1. The highest BCUT2D eigenvalue weighted by Gasteiger charge is 2.13. The van der Waals surface area contributed by atoms with E-state index in [1.807, 2.05) is 6.08 Å². The van der Waals surface area contributed by atoms with Gasteiger partial charge in [-0.1, -0.05) is 6.08 Å². The maximum Gasteiger partial charge on any atom is 0.339 e. The van der Waals surface area contributed by atoms with Gasteiger partial charge in [-0.2, -0.15) is 0 Å². The van der Waals surface area contributed by atoms with Crippen molar-refractivity contribution in [1.29, 1.82) is 0 Å². The first-order valence-electron chi connectivity index (χ1n) is 5.16. The third-order valence-corrected chi connectivity index (χ3v) is 2.37. The summed E-state index contributed by atoms with van der Waals surface area (Å²) in [6.07, 6.45) is 2.53. The van der Waals surface area contributed by atoms with Gasteiger partial charge in [0.1, 0.15) is 11.5 Å². The Balaban J connectivity index is 2.01. The van der Waals surface area contributed by atoms with Crippen molar-refractivity contribution in [2.45, 2.75) is 6.42 Å². The van der Waals surface area contributed by atoms with Gasteiger partial charge in [0.25, 0.3) is 0 Å². The Morgan fingerprint density at radius 1 is 1.31 bits per heavy atom. The molecular weight excluding hydrogens is 206 g/mol. The molecule has 2 N–H and O–H groups in total. The van der Waals surface area contributed by atoms with Crippen molar-refractivity contribution < 1.29 is 14.6 Å². The first-order valence-corrected chi connectivity index (χ1v) is 5.16. The number of carbonyl (C=O) groups excluding carboxylic acids is 1. The van der Waals surface area contributed by atoms with Crippen LogP contribution in [-0.4, -0.2) is 24.2 Å². The minimum atomic E-state index is -0.313. The molecule has 0 saturated heterocycles. The summed E-state index contributed by atoms with van der Waals surface area (Å²) in [7, 11) is 0. The second-order valence-electron chi connectivity index (χ2n) is 3.57. The van der Waals surface area contributed by atoms with Crippen LogP contribution in [0.15, 0.2) is 35.9 Å². The largest absolute Gasteiger partial charge is 0.508 e. The van der Waals surface area contributed by atoms with Gasteiger partial charge in [0.15, 0.2) is 0 Å². The summed E-state index contributed by atoms with van der Waals surface area (Å²) in [6, 6.07) is 6.10. The molecule has 0 atom stereocenters. The molecule has 0 amide bonds. The van der Waals surface area contributed by atoms with Gasteiger partial charge in [-0.3, -0.25) is 0 Å². The number of hydrogen-bond donors (Lipinski definition) is 2. The first-order chi connectivity index (χ1) is 7.75. The van der Waals surface area contributed by atoms with Crippen molar-refractivity contribution in [3.63, 3.8) is 0 Å². The number of phenols is 1. The molecule has 0 radical (unpaired) electrons. The minimum Gasteiger partial charge on any atom is -0.508 e. The van der Waals surface area contributed by atoms with Crippen LogP contribution in [0.4, 0.5) is 0 Å². The average molecular weight is 219 g/mol. The van der Waals surface area contributed by atoms with Gasteiger partial charge in [-0.05, 0) is 37.2 Å². The van der Waals surface area contributed by atoms with Crippen LogP contribution >= 0.6 is 0 Å². The number of esters is 1. The van der Waals surface area contributed by atoms with E-state index in [0.29, 0.717) is 24.3 Å². The molecule has 1 aromatic carbocycles. The van der Waals surface area contributed by atoms with Crippen LogP contribution in [0, 0.1) is 0 Å². The van der Waals surface area contributed by atoms with E-state index < -0.39 is 0 Å². The van der Waals surface area contributed by atoms with Crippen LogP contribution in [0.5, 0.6) is 11.5 Å². The molecule has 0 aromatic heterocycles. The predicted octanol–water partition coefficient (Wildman–Crippen LogP) is 1.22. The van der Waals surface area contributed by atoms with Crippen LogP contribution in [0.1, 0.15) is 6.42 Å². The molecule has 2 rings (SSSR count). The van der Waals surface area contributed by atoms with Crippen molar-refractivity contribution in [2.75, 3.05) is 13.1 Å². The van der Waals surface area contributed by atoms with Gasteiger partial charge in [-0.25, -0.2) is 4.79 Å². The zero-order valence-electron chi connectivity index (χ0n) is 8.77. The number of hydrogen-bond acceptors (Lipinski definition) is 4. The van der Waals surface area contributed by atoms with E-state index in [4.69, 9.17) is 9.84 Å². The Morgan fingerprint density at radius 3 is 2.69 bits per heavy atom. The normalized spacial score (nSPS) is 15.4. The summed E-state index contributed by atoms with van der Waals surface area (Å²) in [5.41, 5.74) is 0.701. The Labute approximate surface area is 93.5 Å². The monoisotopic (exact) mass is 219 g/mol. The summed E-state index contributed by atoms with van der Waals surface area (Å²) in [4.78, 5) is 11.7. The van der Waals surface area contributed by atoms with Crippen molar-refractivity contribution in [1.82, 2.24) is 5.32 Å². The summed E-state index contributed by atoms with van der Waals surface area (Å²) in [6.45, 7) is 1.51. The van der Waals surface area contributed by atoms with E-state index in [1.165, 1.54) is 12.1 Å². The summed E-state index contributed by atoms with van der Waals surface area (Å²) in [5, 5.41) is 12.2. The summed E-state index contributed by atoms with van der Waals surface area (Å²) < 4.78 is 5.16. The highest BCUT2D eigenvalue weighted by atomic mass is 16.5. The van der Waals surface area contributed by atoms with E-state index >= 15 is 0 Å². The molecule has 0 bridgehead atoms. The number of phenolic OH excluding ortho intramolecular Hbond substituents is 1. The molecule has 1 heterocycles. The Kier molecular flexibility index (Phi) is 3.22. The molecule has 1 aliphatic heterocycles. The van der Waals surface area contributed by atoms with Gasteiger partial charge in [0, 0.05) is 12.1 Å². The van der Waals surface area contributed by atoms with Crippen LogP contribution in [0.25, 0.3) is 0 Å². The van der Waals surface area contributed by atoms with Gasteiger partial charge in [-0.15, -0.1) is 0 Å². The lowest BCUT2D eigenvalue weighted by Crippen LogP contribution is -2.25. The molecule has 1 aliphatic rings. The van der Waals surface area contributed by atoms with Gasteiger partial charge in [0.2, 0.25) is 0 Å². The van der Waals surface area contributed by atoms with Gasteiger partial charge in [0.05, 0.1) is 0 Å². The number of rotatable bonds is 2. The van der Waals surface area contributed by atoms with Gasteiger partial charge < -0.3 is 15.2 Å². The topological polar surface area (TPSA) is 58.6 Å². The highest BCUT2D eigenvalue weighted by molar-refractivity contribution is 5.90. The van der Waals surface area contributed by atoms with E-state index in [2.05, 4.69) is 5.32 Å². The second kappa shape index (κ2) is 4.81. The van der Waals surface area contributed by atoms with Crippen molar-refractivity contribution in [3.05, 3.63) is 35.9 Å². The summed E-state index contributed by atoms with van der Waals surface area (Å²) >= 11 is 0. The Hall–Kier alpha value is -1.81. The van der Waals surface area contributed by atoms with Gasteiger partial charge >= 0.3 is 5.97 Å². The molecule has 0 spiro atoms. The predicted molar refractivity (Wildman–Crippen MR) is 59.3 cm³/mol. The lowest BCUT2D eigenvalue weighted by atomic mass is 10.1. The van der Waals surface area contributed by atoms with E-state index in [-0.39, 0.29) is 11.7 Å². The maximum absolute atomic E-state index is 11.7. The van der Waals surface area contributed by atoms with Crippen LogP contribution in [0.3, 0.4) is 0 Å². The third-order valence-electron chi connectivity index (χ3n) is 2.37. The molecule has 0 fully saturated rings. The van der Waals surface area contributed by atoms with Crippen LogP contribution in [0.2, 0.25) is 0 Å². The summed E-state index contributed by atoms with van der Waals surface area (Å²) in [5.74, 6) is 0.287. The minimum absolute atomic E-state index is 0.154. The smallest absolute Gasteiger partial charge is 0.339 e. The lowest BCUT2D eigenvalue weighted by molar-refractivity contribution is -0.130. The number of aromatic hydroxyl groups is 1. The molecule has 0 aliphatic carbocycles. The molecule has 0 unspecified atom stereocenters. The van der Waals surface area contributed by atoms with Crippen molar-refractivity contribution in [3.8, 4) is 11.5 Å². The zero-order chi connectivity index (χ0) is 11.4. The average Bonchev–Trinajstić information content (AvgIpc) is 2.33. The van der Waals surface area contributed by atoms with Crippen LogP contribution in [-0.2, 0) is 4.79 Å². The van der Waals surface area contributed by atoms with Crippen molar-refractivity contribution in [2.24, 2.45) is 0 Å². The van der Waals surface area contributed by atoms with Crippen LogP contribution < -0.4 is 10.1 Å². The fourth-order valence-corrected chi connectivity index (χ4v) is 1.49. The fourth-order valence-electron chi connectivity index (χ4n) is 1.49. The Bertz CT molecular complexity index is 409. The number of carbonyl (C=O) groups is 1. The molecular formula is C12H13NO3.